The van der Waals surface area contributed by atoms with Crippen LogP contribution in [0.3, 0.4) is 0 Å². The molecular weight excluding hydrogens is 381 g/mol. The number of nitrogens with zero attached hydrogens (tertiary/aromatic N) is 1. The second-order valence-corrected chi connectivity index (χ2v) is 10.2. The van der Waals surface area contributed by atoms with Crippen LogP contribution in [0.25, 0.3) is 0 Å². The molecule has 0 saturated carbocycles. The second-order valence-electron chi connectivity index (χ2n) is 6.08. The molecule has 2 aromatic rings. The smallest absolute Gasteiger partial charge is 0.243 e. The van der Waals surface area contributed by atoms with E-state index in [2.05, 4.69) is 0 Å². The summed E-state index contributed by atoms with van der Waals surface area (Å²) < 4.78 is 69.8. The Labute approximate surface area is 152 Å². The van der Waals surface area contributed by atoms with Crippen LogP contribution in [0.4, 0.5) is 4.39 Å². The Morgan fingerprint density at radius 2 is 1.58 bits per heavy atom. The van der Waals surface area contributed by atoms with Gasteiger partial charge in [0.25, 0.3) is 0 Å². The molecule has 0 radical (unpaired) electrons. The topological polar surface area (TPSA) is 80.8 Å². The maximum atomic E-state index is 13.3. The fourth-order valence-corrected chi connectivity index (χ4v) is 6.14. The van der Waals surface area contributed by atoms with Crippen LogP contribution in [0.15, 0.2) is 52.3 Å². The predicted octanol–water partition coefficient (Wildman–Crippen LogP) is 1.99. The highest BCUT2D eigenvalue weighted by Gasteiger charge is 2.44. The fourth-order valence-electron chi connectivity index (χ4n) is 2.68. The Balaban J connectivity index is 1.77. The lowest BCUT2D eigenvalue weighted by Gasteiger charge is -2.37. The number of halogens is 1. The highest BCUT2D eigenvalue weighted by atomic mass is 32.2. The number of hydrogen-bond donors (Lipinski definition) is 0. The Kier molecular flexibility index (Phi) is 4.80. The maximum Gasteiger partial charge on any atom is 0.243 e. The molecule has 1 saturated heterocycles. The number of methoxy groups -OCH3 is 1. The molecule has 1 aliphatic rings. The zero-order valence-corrected chi connectivity index (χ0v) is 15.8. The van der Waals surface area contributed by atoms with E-state index in [1.54, 1.807) is 12.1 Å². The number of sulfone groups is 1. The third-order valence-corrected chi connectivity index (χ3v) is 8.34. The van der Waals surface area contributed by atoms with Crippen LogP contribution in [0.5, 0.6) is 5.75 Å². The molecule has 1 fully saturated rings. The van der Waals surface area contributed by atoms with Crippen molar-refractivity contribution in [1.29, 1.82) is 0 Å². The van der Waals surface area contributed by atoms with Gasteiger partial charge >= 0.3 is 0 Å². The second kappa shape index (κ2) is 6.64. The standard InChI is InChI=1S/C17H18FNO5S2/c1-12-9-15(7-8-17(12)18)26(22,23)19-10-16(11-19)25(20,21)14-5-3-13(24-2)4-6-14/h3-9,16H,10-11H2,1-2H3. The first-order chi connectivity index (χ1) is 12.2. The molecule has 0 unspecified atom stereocenters. The van der Waals surface area contributed by atoms with Crippen LogP contribution in [0.2, 0.25) is 0 Å². The lowest BCUT2D eigenvalue weighted by atomic mass is 10.2. The molecular formula is C17H18FNO5S2. The Hall–Kier alpha value is -1.97. The first-order valence-corrected chi connectivity index (χ1v) is 10.8. The molecule has 9 heteroatoms. The number of benzene rings is 2. The van der Waals surface area contributed by atoms with Crippen molar-refractivity contribution in [2.24, 2.45) is 0 Å². The van der Waals surface area contributed by atoms with E-state index in [1.807, 2.05) is 0 Å². The molecule has 0 N–H and O–H groups in total. The molecule has 0 aromatic heterocycles. The van der Waals surface area contributed by atoms with E-state index in [0.29, 0.717) is 5.75 Å². The average molecular weight is 399 g/mol. The molecule has 1 heterocycles. The zero-order valence-electron chi connectivity index (χ0n) is 14.2. The van der Waals surface area contributed by atoms with Crippen LogP contribution in [0.1, 0.15) is 5.56 Å². The highest BCUT2D eigenvalue weighted by molar-refractivity contribution is 7.92. The Morgan fingerprint density at radius 3 is 2.12 bits per heavy atom. The van der Waals surface area contributed by atoms with Crippen molar-refractivity contribution < 1.29 is 26.0 Å². The molecule has 0 amide bonds. The van der Waals surface area contributed by atoms with E-state index in [-0.39, 0.29) is 28.4 Å². The van der Waals surface area contributed by atoms with Gasteiger partial charge < -0.3 is 4.74 Å². The quantitative estimate of drug-likeness (QED) is 0.768. The minimum atomic E-state index is -3.85. The number of rotatable bonds is 5. The van der Waals surface area contributed by atoms with E-state index < -0.39 is 30.9 Å². The number of hydrogen-bond acceptors (Lipinski definition) is 5. The number of ether oxygens (including phenoxy) is 1. The molecule has 0 atom stereocenters. The van der Waals surface area contributed by atoms with Gasteiger partial charge in [-0.1, -0.05) is 0 Å². The Bertz CT molecular complexity index is 1030. The first kappa shape index (κ1) is 18.8. The van der Waals surface area contributed by atoms with E-state index in [9.17, 15) is 21.2 Å². The summed E-state index contributed by atoms with van der Waals surface area (Å²) in [5.41, 5.74) is 0.217. The van der Waals surface area contributed by atoms with Crippen molar-refractivity contribution in [2.45, 2.75) is 22.0 Å². The molecule has 26 heavy (non-hydrogen) atoms. The summed E-state index contributed by atoms with van der Waals surface area (Å²) in [6.45, 7) is 1.21. The van der Waals surface area contributed by atoms with Crippen molar-refractivity contribution in [2.75, 3.05) is 20.2 Å². The fraction of sp³-hybridized carbons (Fsp3) is 0.294. The molecule has 140 valence electrons. The van der Waals surface area contributed by atoms with Gasteiger partial charge in [-0.15, -0.1) is 0 Å². The summed E-state index contributed by atoms with van der Waals surface area (Å²) in [6.07, 6.45) is 0. The van der Waals surface area contributed by atoms with E-state index in [4.69, 9.17) is 4.74 Å². The van der Waals surface area contributed by atoms with Crippen LogP contribution in [-0.4, -0.2) is 46.6 Å². The molecule has 0 bridgehead atoms. The van der Waals surface area contributed by atoms with Gasteiger partial charge in [-0.2, -0.15) is 4.31 Å². The zero-order chi connectivity index (χ0) is 19.1. The largest absolute Gasteiger partial charge is 0.497 e. The van der Waals surface area contributed by atoms with Gasteiger partial charge in [0.05, 0.1) is 22.2 Å². The van der Waals surface area contributed by atoms with Gasteiger partial charge in [0.1, 0.15) is 11.6 Å². The summed E-state index contributed by atoms with van der Waals surface area (Å²) in [6, 6.07) is 9.48. The van der Waals surface area contributed by atoms with Gasteiger partial charge in [-0.3, -0.25) is 0 Å². The predicted molar refractivity (Wildman–Crippen MR) is 93.9 cm³/mol. The Morgan fingerprint density at radius 1 is 1.00 bits per heavy atom. The summed E-state index contributed by atoms with van der Waals surface area (Å²) in [4.78, 5) is 0.0784. The van der Waals surface area contributed by atoms with Crippen LogP contribution < -0.4 is 4.74 Å². The average Bonchev–Trinajstić information content (AvgIpc) is 2.55. The molecule has 0 aliphatic carbocycles. The van der Waals surface area contributed by atoms with Crippen molar-refractivity contribution in [3.8, 4) is 5.75 Å². The van der Waals surface area contributed by atoms with Crippen molar-refractivity contribution in [3.63, 3.8) is 0 Å². The van der Waals surface area contributed by atoms with Gasteiger partial charge in [-0.05, 0) is 55.0 Å². The van der Waals surface area contributed by atoms with Crippen molar-refractivity contribution >= 4 is 19.9 Å². The summed E-state index contributed by atoms with van der Waals surface area (Å²) in [7, 11) is -6.00. The number of sulfonamides is 1. The summed E-state index contributed by atoms with van der Waals surface area (Å²) in [5.74, 6) is 0.0426. The van der Waals surface area contributed by atoms with E-state index in [0.717, 1.165) is 10.4 Å². The van der Waals surface area contributed by atoms with E-state index in [1.165, 1.54) is 38.3 Å². The van der Waals surface area contributed by atoms with E-state index >= 15 is 0 Å². The molecule has 1 aliphatic heterocycles. The monoisotopic (exact) mass is 399 g/mol. The van der Waals surface area contributed by atoms with Crippen LogP contribution >= 0.6 is 0 Å². The van der Waals surface area contributed by atoms with Crippen LogP contribution in [-0.2, 0) is 19.9 Å². The summed E-state index contributed by atoms with van der Waals surface area (Å²) in [5, 5.41) is -0.813. The van der Waals surface area contributed by atoms with Crippen molar-refractivity contribution in [1.82, 2.24) is 4.31 Å². The molecule has 2 aromatic carbocycles. The van der Waals surface area contributed by atoms with Gasteiger partial charge in [0.15, 0.2) is 9.84 Å². The van der Waals surface area contributed by atoms with Gasteiger partial charge in [-0.25, -0.2) is 21.2 Å². The lowest BCUT2D eigenvalue weighted by Crippen LogP contribution is -2.56. The van der Waals surface area contributed by atoms with Crippen molar-refractivity contribution in [3.05, 3.63) is 53.8 Å². The van der Waals surface area contributed by atoms with Crippen LogP contribution in [0, 0.1) is 12.7 Å². The SMILES string of the molecule is COc1ccc(S(=O)(=O)C2CN(S(=O)(=O)c3ccc(F)c(C)c3)C2)cc1. The minimum absolute atomic E-state index is 0.0447. The molecule has 0 spiro atoms. The third-order valence-electron chi connectivity index (χ3n) is 4.41. The third kappa shape index (κ3) is 3.22. The molecule has 3 rings (SSSR count). The number of aryl methyl sites for hydroxylation is 1. The normalized spacial score (nSPS) is 16.3. The minimum Gasteiger partial charge on any atom is -0.497 e. The highest BCUT2D eigenvalue weighted by Crippen LogP contribution is 2.30. The van der Waals surface area contributed by atoms with Gasteiger partial charge in [0.2, 0.25) is 10.0 Å². The van der Waals surface area contributed by atoms with Gasteiger partial charge in [0, 0.05) is 13.1 Å². The first-order valence-electron chi connectivity index (χ1n) is 7.80. The summed E-state index contributed by atoms with van der Waals surface area (Å²) >= 11 is 0. The lowest BCUT2D eigenvalue weighted by molar-refractivity contribution is 0.309. The molecule has 6 nitrogen and oxygen atoms in total. The maximum absolute atomic E-state index is 13.3.